The van der Waals surface area contributed by atoms with Crippen molar-refractivity contribution in [2.24, 2.45) is 5.41 Å². The molecule has 2 unspecified atom stereocenters. The number of nitrogens with one attached hydrogen (secondary N) is 1. The Morgan fingerprint density at radius 1 is 1.15 bits per heavy atom. The van der Waals surface area contributed by atoms with Crippen molar-refractivity contribution in [3.8, 4) is 5.75 Å². The van der Waals surface area contributed by atoms with E-state index in [0.29, 0.717) is 17.6 Å². The maximum atomic E-state index is 6.37. The van der Waals surface area contributed by atoms with Crippen LogP contribution in [0.2, 0.25) is 0 Å². The van der Waals surface area contributed by atoms with Gasteiger partial charge in [-0.15, -0.1) is 0 Å². The highest BCUT2D eigenvalue weighted by Gasteiger charge is 2.55. The number of rotatable bonds is 3. The van der Waals surface area contributed by atoms with Gasteiger partial charge >= 0.3 is 0 Å². The Kier molecular flexibility index (Phi) is 4.02. The van der Waals surface area contributed by atoms with E-state index in [1.807, 2.05) is 0 Å². The molecule has 1 N–H and O–H groups in total. The van der Waals surface area contributed by atoms with Crippen LogP contribution in [0.4, 0.5) is 0 Å². The van der Waals surface area contributed by atoms with Crippen molar-refractivity contribution >= 4 is 0 Å². The zero-order chi connectivity index (χ0) is 14.0. The molecule has 3 rings (SSSR count). The Balaban J connectivity index is 1.75. The molecule has 0 amide bonds. The van der Waals surface area contributed by atoms with E-state index < -0.39 is 0 Å². The molecule has 20 heavy (non-hydrogen) atoms. The number of hydrogen-bond donors (Lipinski definition) is 1. The summed E-state index contributed by atoms with van der Waals surface area (Å²) in [7, 11) is 2.11. The minimum Gasteiger partial charge on any atom is -0.490 e. The molecule has 2 aliphatic rings. The Bertz CT molecular complexity index is 448. The minimum atomic E-state index is 0.384. The largest absolute Gasteiger partial charge is 0.490 e. The molecule has 2 heteroatoms. The molecule has 0 aliphatic heterocycles. The topological polar surface area (TPSA) is 21.3 Å². The van der Waals surface area contributed by atoms with Gasteiger partial charge in [0, 0.05) is 17.9 Å². The Morgan fingerprint density at radius 2 is 1.90 bits per heavy atom. The second kappa shape index (κ2) is 5.77. The molecule has 2 aliphatic carbocycles. The first kappa shape index (κ1) is 13.9. The maximum Gasteiger partial charge on any atom is 0.120 e. The van der Waals surface area contributed by atoms with Gasteiger partial charge in [0.1, 0.15) is 11.9 Å². The summed E-state index contributed by atoms with van der Waals surface area (Å²) in [5.74, 6) is 1.05. The lowest BCUT2D eigenvalue weighted by molar-refractivity contribution is -0.0882. The van der Waals surface area contributed by atoms with Crippen LogP contribution in [-0.2, 0) is 0 Å². The van der Waals surface area contributed by atoms with Crippen LogP contribution in [-0.4, -0.2) is 19.2 Å². The monoisotopic (exact) mass is 273 g/mol. The summed E-state index contributed by atoms with van der Waals surface area (Å²) in [4.78, 5) is 0. The van der Waals surface area contributed by atoms with Crippen molar-refractivity contribution in [3.05, 3.63) is 29.8 Å². The van der Waals surface area contributed by atoms with E-state index >= 15 is 0 Å². The van der Waals surface area contributed by atoms with E-state index in [1.165, 1.54) is 44.1 Å². The molecule has 0 heterocycles. The zero-order valence-corrected chi connectivity index (χ0v) is 12.8. The molecule has 0 saturated heterocycles. The normalized spacial score (nSPS) is 28.7. The molecule has 0 bridgehead atoms. The highest BCUT2D eigenvalue weighted by Crippen LogP contribution is 2.52. The number of ether oxygens (including phenoxy) is 1. The zero-order valence-electron chi connectivity index (χ0n) is 12.8. The molecule has 2 fully saturated rings. The Labute approximate surface area is 122 Å². The molecule has 2 atom stereocenters. The minimum absolute atomic E-state index is 0.384. The number of benzene rings is 1. The fraction of sp³-hybridized carbons (Fsp3) is 0.667. The van der Waals surface area contributed by atoms with Gasteiger partial charge in [0.25, 0.3) is 0 Å². The van der Waals surface area contributed by atoms with E-state index in [9.17, 15) is 0 Å². The van der Waals surface area contributed by atoms with Crippen LogP contribution < -0.4 is 10.1 Å². The summed E-state index contributed by atoms with van der Waals surface area (Å²) in [5, 5.41) is 3.54. The lowest BCUT2D eigenvalue weighted by atomic mass is 9.58. The summed E-state index contributed by atoms with van der Waals surface area (Å²) >= 11 is 0. The van der Waals surface area contributed by atoms with E-state index in [4.69, 9.17) is 4.74 Å². The van der Waals surface area contributed by atoms with Gasteiger partial charge in [0.15, 0.2) is 0 Å². The number of aryl methyl sites for hydroxylation is 1. The molecule has 1 spiro atoms. The van der Waals surface area contributed by atoms with E-state index in [-0.39, 0.29) is 0 Å². The fourth-order valence-electron chi connectivity index (χ4n) is 4.23. The van der Waals surface area contributed by atoms with Crippen molar-refractivity contribution in [1.29, 1.82) is 0 Å². The van der Waals surface area contributed by atoms with Gasteiger partial charge in [-0.1, -0.05) is 37.8 Å². The smallest absolute Gasteiger partial charge is 0.120 e. The van der Waals surface area contributed by atoms with Crippen LogP contribution in [0.1, 0.15) is 50.5 Å². The van der Waals surface area contributed by atoms with E-state index in [2.05, 4.69) is 43.6 Å². The van der Waals surface area contributed by atoms with Crippen LogP contribution in [0.25, 0.3) is 0 Å². The lowest BCUT2D eigenvalue weighted by Gasteiger charge is -2.55. The fourth-order valence-corrected chi connectivity index (χ4v) is 4.23. The SMILES string of the molecule is CNC1CC(Oc2cccc(C)c2)C12CCCCCC2. The van der Waals surface area contributed by atoms with Crippen molar-refractivity contribution in [3.63, 3.8) is 0 Å². The van der Waals surface area contributed by atoms with Gasteiger partial charge in [0.2, 0.25) is 0 Å². The third-order valence-electron chi connectivity index (χ3n) is 5.44. The molecule has 0 aromatic heterocycles. The van der Waals surface area contributed by atoms with Gasteiger partial charge in [-0.25, -0.2) is 0 Å². The second-order valence-corrected chi connectivity index (χ2v) is 6.65. The first-order valence-electron chi connectivity index (χ1n) is 8.15. The van der Waals surface area contributed by atoms with Crippen molar-refractivity contribution < 1.29 is 4.74 Å². The van der Waals surface area contributed by atoms with Gasteiger partial charge in [-0.05, 0) is 44.5 Å². The van der Waals surface area contributed by atoms with Crippen LogP contribution in [0.3, 0.4) is 0 Å². The van der Waals surface area contributed by atoms with Gasteiger partial charge < -0.3 is 10.1 Å². The number of hydrogen-bond acceptors (Lipinski definition) is 2. The molecule has 1 aromatic carbocycles. The van der Waals surface area contributed by atoms with E-state index in [0.717, 1.165) is 12.2 Å². The maximum absolute atomic E-state index is 6.37. The van der Waals surface area contributed by atoms with Gasteiger partial charge in [0.05, 0.1) is 0 Å². The van der Waals surface area contributed by atoms with Crippen molar-refractivity contribution in [2.45, 2.75) is 64.0 Å². The van der Waals surface area contributed by atoms with Gasteiger partial charge in [-0.3, -0.25) is 0 Å². The molecular weight excluding hydrogens is 246 g/mol. The van der Waals surface area contributed by atoms with Gasteiger partial charge in [-0.2, -0.15) is 0 Å². The highest BCUT2D eigenvalue weighted by atomic mass is 16.5. The predicted octanol–water partition coefficient (Wildman–Crippen LogP) is 4.07. The molecule has 1 aromatic rings. The molecule has 2 nitrogen and oxygen atoms in total. The quantitative estimate of drug-likeness (QED) is 0.896. The van der Waals surface area contributed by atoms with E-state index in [1.54, 1.807) is 0 Å². The van der Waals surface area contributed by atoms with Crippen LogP contribution >= 0.6 is 0 Å². The average molecular weight is 273 g/mol. The van der Waals surface area contributed by atoms with Crippen LogP contribution in [0.15, 0.2) is 24.3 Å². The van der Waals surface area contributed by atoms with Crippen LogP contribution in [0, 0.1) is 12.3 Å². The predicted molar refractivity (Wildman–Crippen MR) is 83.2 cm³/mol. The first-order chi connectivity index (χ1) is 9.74. The third-order valence-corrected chi connectivity index (χ3v) is 5.44. The highest BCUT2D eigenvalue weighted by molar-refractivity contribution is 5.28. The molecule has 110 valence electrons. The standard InChI is InChI=1S/C18H27NO/c1-14-8-7-9-15(12-14)20-17-13-16(19-2)18(17)10-5-3-4-6-11-18/h7-9,12,16-17,19H,3-6,10-11,13H2,1-2H3. The molecular formula is C18H27NO. The molecule has 0 radical (unpaired) electrons. The summed E-state index contributed by atoms with van der Waals surface area (Å²) in [6.07, 6.45) is 9.75. The van der Waals surface area contributed by atoms with Crippen LogP contribution in [0.5, 0.6) is 5.75 Å². The third kappa shape index (κ3) is 2.46. The van der Waals surface area contributed by atoms with Crippen molar-refractivity contribution in [2.75, 3.05) is 7.05 Å². The van der Waals surface area contributed by atoms with Crippen molar-refractivity contribution in [1.82, 2.24) is 5.32 Å². The first-order valence-corrected chi connectivity index (χ1v) is 8.15. The summed E-state index contributed by atoms with van der Waals surface area (Å²) in [6.45, 7) is 2.13. The summed E-state index contributed by atoms with van der Waals surface area (Å²) < 4.78 is 6.37. The second-order valence-electron chi connectivity index (χ2n) is 6.65. The lowest BCUT2D eigenvalue weighted by Crippen LogP contribution is -2.64. The summed E-state index contributed by atoms with van der Waals surface area (Å²) in [6, 6.07) is 9.14. The average Bonchev–Trinajstić information content (AvgIpc) is 2.71. The Hall–Kier alpha value is -1.02. The summed E-state index contributed by atoms with van der Waals surface area (Å²) in [5.41, 5.74) is 1.66. The Morgan fingerprint density at radius 3 is 2.55 bits per heavy atom. The molecule has 2 saturated carbocycles.